The maximum Gasteiger partial charge on any atom is 0.253 e. The van der Waals surface area contributed by atoms with E-state index in [2.05, 4.69) is 11.9 Å². The van der Waals surface area contributed by atoms with Crippen molar-refractivity contribution in [1.29, 1.82) is 0 Å². The van der Waals surface area contributed by atoms with Crippen LogP contribution < -0.4 is 0 Å². The Morgan fingerprint density at radius 1 is 1.26 bits per heavy atom. The van der Waals surface area contributed by atoms with Gasteiger partial charge in [0.2, 0.25) is 0 Å². The van der Waals surface area contributed by atoms with Gasteiger partial charge in [0.25, 0.3) is 5.91 Å². The second-order valence-corrected chi connectivity index (χ2v) is 8.58. The lowest BCUT2D eigenvalue weighted by Gasteiger charge is -2.30. The smallest absolute Gasteiger partial charge is 0.253 e. The van der Waals surface area contributed by atoms with Crippen molar-refractivity contribution < 1.29 is 14.7 Å². The molecule has 0 unspecified atom stereocenters. The highest BCUT2D eigenvalue weighted by Crippen LogP contribution is 2.35. The number of nitrogens with zero attached hydrogens (tertiary/aromatic N) is 2. The molecule has 0 radical (unpaired) electrons. The van der Waals surface area contributed by atoms with Crippen molar-refractivity contribution in [2.24, 2.45) is 16.3 Å². The number of carbonyl (C=O) groups excluding carboxylic acids is 2. The summed E-state index contributed by atoms with van der Waals surface area (Å²) in [6.45, 7) is 7.73. The SMILES string of the molecule is CC1CCN(C(=O)c2cccc(N=CC3=C(O)CC(C)(C)CC3=O)c2)CC1. The lowest BCUT2D eigenvalue weighted by molar-refractivity contribution is -0.117. The molecule has 3 rings (SSSR count). The lowest BCUT2D eigenvalue weighted by Crippen LogP contribution is -2.37. The summed E-state index contributed by atoms with van der Waals surface area (Å²) in [5.41, 5.74) is 1.25. The molecule has 0 spiro atoms. The number of aliphatic hydroxyl groups is 1. The highest BCUT2D eigenvalue weighted by molar-refractivity contribution is 6.15. The van der Waals surface area contributed by atoms with Crippen LogP contribution in [-0.4, -0.2) is 41.0 Å². The first-order chi connectivity index (χ1) is 12.7. The van der Waals surface area contributed by atoms with Crippen LogP contribution in [0.2, 0.25) is 0 Å². The topological polar surface area (TPSA) is 70.0 Å². The highest BCUT2D eigenvalue weighted by Gasteiger charge is 2.32. The van der Waals surface area contributed by atoms with E-state index in [1.165, 1.54) is 6.21 Å². The first-order valence-corrected chi connectivity index (χ1v) is 9.64. The first kappa shape index (κ1) is 19.3. The molecule has 5 heteroatoms. The van der Waals surface area contributed by atoms with Gasteiger partial charge in [0, 0.05) is 37.7 Å². The maximum atomic E-state index is 12.7. The third-order valence-corrected chi connectivity index (χ3v) is 5.40. The molecule has 1 amide bonds. The van der Waals surface area contributed by atoms with E-state index in [0.717, 1.165) is 25.9 Å². The number of allylic oxidation sites excluding steroid dienone is 2. The summed E-state index contributed by atoms with van der Waals surface area (Å²) in [6.07, 6.45) is 4.36. The molecule has 1 aromatic rings. The minimum absolute atomic E-state index is 0.0245. The molecule has 27 heavy (non-hydrogen) atoms. The van der Waals surface area contributed by atoms with E-state index in [-0.39, 0.29) is 28.4 Å². The number of amides is 1. The molecule has 0 atom stereocenters. The Kier molecular flexibility index (Phi) is 5.49. The Bertz CT molecular complexity index is 800. The first-order valence-electron chi connectivity index (χ1n) is 9.64. The van der Waals surface area contributed by atoms with E-state index in [9.17, 15) is 14.7 Å². The van der Waals surface area contributed by atoms with Crippen LogP contribution in [0.1, 0.15) is 56.8 Å². The fraction of sp³-hybridized carbons (Fsp3) is 0.500. The number of aliphatic hydroxyl groups excluding tert-OH is 1. The van der Waals surface area contributed by atoms with Crippen LogP contribution in [0.4, 0.5) is 5.69 Å². The number of Topliss-reactive ketones (excluding diaryl/α,β-unsaturated/α-hetero) is 1. The fourth-order valence-corrected chi connectivity index (χ4v) is 3.70. The molecular formula is C22H28N2O3. The second-order valence-electron chi connectivity index (χ2n) is 8.58. The summed E-state index contributed by atoms with van der Waals surface area (Å²) in [5, 5.41) is 10.2. The standard InChI is InChI=1S/C22H28N2O3/c1-15-7-9-24(10-8-15)21(27)16-5-4-6-17(11-16)23-14-18-19(25)12-22(2,3)13-20(18)26/h4-6,11,14-15,25H,7-10,12-13H2,1-3H3. The molecule has 1 heterocycles. The van der Waals surface area contributed by atoms with E-state index in [4.69, 9.17) is 0 Å². The Labute approximate surface area is 160 Å². The van der Waals surface area contributed by atoms with Crippen molar-refractivity contribution in [1.82, 2.24) is 4.90 Å². The average Bonchev–Trinajstić information content (AvgIpc) is 2.60. The van der Waals surface area contributed by atoms with Gasteiger partial charge < -0.3 is 10.0 Å². The van der Waals surface area contributed by atoms with Crippen molar-refractivity contribution in [3.8, 4) is 0 Å². The van der Waals surface area contributed by atoms with Gasteiger partial charge >= 0.3 is 0 Å². The van der Waals surface area contributed by atoms with Crippen LogP contribution in [0.15, 0.2) is 40.6 Å². The Morgan fingerprint density at radius 3 is 2.63 bits per heavy atom. The Morgan fingerprint density at radius 2 is 1.96 bits per heavy atom. The van der Waals surface area contributed by atoms with Crippen LogP contribution >= 0.6 is 0 Å². The number of rotatable bonds is 3. The van der Waals surface area contributed by atoms with Gasteiger partial charge in [-0.05, 0) is 42.4 Å². The molecule has 1 fully saturated rings. The van der Waals surface area contributed by atoms with Crippen LogP contribution in [0.5, 0.6) is 0 Å². The van der Waals surface area contributed by atoms with Gasteiger partial charge in [0.15, 0.2) is 5.78 Å². The Hall–Kier alpha value is -2.43. The molecule has 1 aromatic carbocycles. The van der Waals surface area contributed by atoms with Crippen molar-refractivity contribution >= 4 is 23.6 Å². The third kappa shape index (κ3) is 4.65. The predicted octanol–water partition coefficient (Wildman–Crippen LogP) is 4.46. The highest BCUT2D eigenvalue weighted by atomic mass is 16.3. The van der Waals surface area contributed by atoms with E-state index in [1.807, 2.05) is 18.7 Å². The van der Waals surface area contributed by atoms with Crippen LogP contribution in [0.25, 0.3) is 0 Å². The molecule has 0 aromatic heterocycles. The lowest BCUT2D eigenvalue weighted by atomic mass is 9.77. The number of hydrogen-bond donors (Lipinski definition) is 1. The molecule has 0 bridgehead atoms. The van der Waals surface area contributed by atoms with Crippen molar-refractivity contribution in [2.45, 2.75) is 46.5 Å². The quantitative estimate of drug-likeness (QED) is 0.801. The number of ketones is 1. The number of piperidine rings is 1. The summed E-state index contributed by atoms with van der Waals surface area (Å²) < 4.78 is 0. The van der Waals surface area contributed by atoms with Gasteiger partial charge in [0.1, 0.15) is 5.76 Å². The summed E-state index contributed by atoms with van der Waals surface area (Å²) in [6, 6.07) is 7.13. The molecule has 0 saturated carbocycles. The van der Waals surface area contributed by atoms with E-state index in [0.29, 0.717) is 30.0 Å². The molecule has 1 aliphatic carbocycles. The van der Waals surface area contributed by atoms with Gasteiger partial charge in [-0.15, -0.1) is 0 Å². The number of benzene rings is 1. The summed E-state index contributed by atoms with van der Waals surface area (Å²) in [4.78, 5) is 31.2. The van der Waals surface area contributed by atoms with E-state index >= 15 is 0 Å². The van der Waals surface area contributed by atoms with Crippen molar-refractivity contribution in [3.63, 3.8) is 0 Å². The zero-order valence-corrected chi connectivity index (χ0v) is 16.4. The second kappa shape index (κ2) is 7.67. The number of carbonyl (C=O) groups is 2. The number of aliphatic imine (C=N–C) groups is 1. The molecule has 2 aliphatic rings. The fourth-order valence-electron chi connectivity index (χ4n) is 3.70. The van der Waals surface area contributed by atoms with Gasteiger partial charge in [-0.25, -0.2) is 0 Å². The minimum atomic E-state index is -0.225. The zero-order valence-electron chi connectivity index (χ0n) is 16.4. The summed E-state index contributed by atoms with van der Waals surface area (Å²) in [5.74, 6) is 0.692. The van der Waals surface area contributed by atoms with Crippen LogP contribution in [-0.2, 0) is 4.79 Å². The molecule has 1 N–H and O–H groups in total. The normalized spacial score (nSPS) is 21.1. The monoisotopic (exact) mass is 368 g/mol. The molecule has 1 saturated heterocycles. The van der Waals surface area contributed by atoms with E-state index < -0.39 is 0 Å². The third-order valence-electron chi connectivity index (χ3n) is 5.40. The van der Waals surface area contributed by atoms with Gasteiger partial charge in [-0.1, -0.05) is 26.8 Å². The zero-order chi connectivity index (χ0) is 19.6. The number of likely N-dealkylation sites (tertiary alicyclic amines) is 1. The summed E-state index contributed by atoms with van der Waals surface area (Å²) >= 11 is 0. The molecule has 5 nitrogen and oxygen atoms in total. The van der Waals surface area contributed by atoms with Gasteiger partial charge in [-0.2, -0.15) is 0 Å². The summed E-state index contributed by atoms with van der Waals surface area (Å²) in [7, 11) is 0. The van der Waals surface area contributed by atoms with Crippen LogP contribution in [0.3, 0.4) is 0 Å². The van der Waals surface area contributed by atoms with Gasteiger partial charge in [-0.3, -0.25) is 14.6 Å². The van der Waals surface area contributed by atoms with Gasteiger partial charge in [0.05, 0.1) is 11.3 Å². The van der Waals surface area contributed by atoms with E-state index in [1.54, 1.807) is 24.3 Å². The predicted molar refractivity (Wildman–Crippen MR) is 107 cm³/mol. The minimum Gasteiger partial charge on any atom is -0.511 e. The molecule has 144 valence electrons. The maximum absolute atomic E-state index is 12.7. The number of hydrogen-bond acceptors (Lipinski definition) is 4. The largest absolute Gasteiger partial charge is 0.511 e. The Balaban J connectivity index is 1.75. The average molecular weight is 368 g/mol. The van der Waals surface area contributed by atoms with Crippen molar-refractivity contribution in [3.05, 3.63) is 41.2 Å². The van der Waals surface area contributed by atoms with Crippen molar-refractivity contribution in [2.75, 3.05) is 13.1 Å². The molecule has 1 aliphatic heterocycles. The molecular weight excluding hydrogens is 340 g/mol. The van der Waals surface area contributed by atoms with Crippen LogP contribution in [0, 0.1) is 11.3 Å².